The summed E-state index contributed by atoms with van der Waals surface area (Å²) in [4.78, 5) is 15.3. The molecule has 5 heteroatoms. The molecule has 0 aliphatic carbocycles. The number of benzene rings is 1. The molecule has 2 heterocycles. The van der Waals surface area contributed by atoms with Crippen LogP contribution in [0.3, 0.4) is 0 Å². The van der Waals surface area contributed by atoms with Gasteiger partial charge in [-0.15, -0.1) is 11.3 Å². The zero-order chi connectivity index (χ0) is 13.9. The van der Waals surface area contributed by atoms with Gasteiger partial charge in [-0.25, -0.2) is 9.18 Å². The molecule has 0 saturated carbocycles. The summed E-state index contributed by atoms with van der Waals surface area (Å²) in [5.74, 6) is -0.410. The molecule has 1 atom stereocenters. The van der Waals surface area contributed by atoms with Crippen LogP contribution in [0.5, 0.6) is 0 Å². The van der Waals surface area contributed by atoms with Gasteiger partial charge < -0.3 is 10.2 Å². The first kappa shape index (κ1) is 13.1. The van der Waals surface area contributed by atoms with Crippen molar-refractivity contribution in [1.82, 2.24) is 4.90 Å². The van der Waals surface area contributed by atoms with E-state index < -0.39 is 5.82 Å². The number of hydrogen-bond donors (Lipinski definition) is 1. The van der Waals surface area contributed by atoms with E-state index in [1.807, 2.05) is 17.5 Å². The van der Waals surface area contributed by atoms with Crippen LogP contribution < -0.4 is 5.32 Å². The van der Waals surface area contributed by atoms with Gasteiger partial charge in [0.15, 0.2) is 0 Å². The third-order valence-corrected chi connectivity index (χ3v) is 4.47. The summed E-state index contributed by atoms with van der Waals surface area (Å²) < 4.78 is 13.6. The van der Waals surface area contributed by atoms with E-state index in [0.29, 0.717) is 6.54 Å². The smallest absolute Gasteiger partial charge is 0.317 e. The van der Waals surface area contributed by atoms with Crippen LogP contribution in [0.2, 0.25) is 0 Å². The number of urea groups is 1. The third kappa shape index (κ3) is 2.54. The average Bonchev–Trinajstić information content (AvgIpc) is 3.11. The number of hydrogen-bond acceptors (Lipinski definition) is 2. The number of amides is 2. The number of para-hydroxylation sites is 1. The number of likely N-dealkylation sites (tertiary alicyclic amines) is 1. The molecule has 1 unspecified atom stereocenters. The molecule has 104 valence electrons. The highest BCUT2D eigenvalue weighted by molar-refractivity contribution is 7.10. The average molecular weight is 290 g/mol. The summed E-state index contributed by atoms with van der Waals surface area (Å²) in [6, 6.07) is 10.1. The Kier molecular flexibility index (Phi) is 3.69. The number of anilines is 1. The fourth-order valence-corrected chi connectivity index (χ4v) is 3.41. The minimum Gasteiger partial charge on any atom is -0.317 e. The van der Waals surface area contributed by atoms with Crippen molar-refractivity contribution in [3.05, 3.63) is 52.5 Å². The van der Waals surface area contributed by atoms with Gasteiger partial charge in [0, 0.05) is 11.4 Å². The van der Waals surface area contributed by atoms with E-state index in [-0.39, 0.29) is 17.8 Å². The molecule has 3 nitrogen and oxygen atoms in total. The van der Waals surface area contributed by atoms with Gasteiger partial charge in [-0.05, 0) is 36.4 Å². The van der Waals surface area contributed by atoms with Gasteiger partial charge in [-0.3, -0.25) is 0 Å². The molecular weight excluding hydrogens is 275 g/mol. The monoisotopic (exact) mass is 290 g/mol. The second-order valence-electron chi connectivity index (χ2n) is 4.78. The highest BCUT2D eigenvalue weighted by Crippen LogP contribution is 2.34. The van der Waals surface area contributed by atoms with E-state index in [1.165, 1.54) is 10.9 Å². The number of halogens is 1. The van der Waals surface area contributed by atoms with Crippen molar-refractivity contribution in [2.75, 3.05) is 11.9 Å². The summed E-state index contributed by atoms with van der Waals surface area (Å²) in [7, 11) is 0. The summed E-state index contributed by atoms with van der Waals surface area (Å²) in [5, 5.41) is 4.68. The van der Waals surface area contributed by atoms with Crippen molar-refractivity contribution < 1.29 is 9.18 Å². The van der Waals surface area contributed by atoms with Gasteiger partial charge in [0.2, 0.25) is 0 Å². The predicted molar refractivity (Wildman–Crippen MR) is 78.4 cm³/mol. The lowest BCUT2D eigenvalue weighted by molar-refractivity contribution is 0.207. The third-order valence-electron chi connectivity index (χ3n) is 3.50. The van der Waals surface area contributed by atoms with Gasteiger partial charge in [0.1, 0.15) is 5.82 Å². The Morgan fingerprint density at radius 2 is 2.15 bits per heavy atom. The maximum atomic E-state index is 13.6. The molecule has 0 radical (unpaired) electrons. The van der Waals surface area contributed by atoms with Crippen LogP contribution in [-0.2, 0) is 0 Å². The first-order valence-electron chi connectivity index (χ1n) is 6.61. The first-order chi connectivity index (χ1) is 9.75. The molecule has 1 aromatic heterocycles. The standard InChI is InChI=1S/C15H15FN2OS/c16-11-5-1-2-6-12(11)17-15(19)18-9-3-7-13(18)14-8-4-10-20-14/h1-2,4-6,8,10,13H,3,7,9H2,(H,17,19). The van der Waals surface area contributed by atoms with Gasteiger partial charge in [0.05, 0.1) is 11.7 Å². The van der Waals surface area contributed by atoms with E-state index in [4.69, 9.17) is 0 Å². The molecule has 3 rings (SSSR count). The molecule has 1 saturated heterocycles. The molecule has 1 fully saturated rings. The van der Waals surface area contributed by atoms with Crippen molar-refractivity contribution in [2.24, 2.45) is 0 Å². The quantitative estimate of drug-likeness (QED) is 0.880. The van der Waals surface area contributed by atoms with Crippen LogP contribution in [0.1, 0.15) is 23.8 Å². The molecule has 1 aliphatic heterocycles. The number of rotatable bonds is 2. The molecule has 20 heavy (non-hydrogen) atoms. The Bertz CT molecular complexity index is 600. The van der Waals surface area contributed by atoms with E-state index >= 15 is 0 Å². The van der Waals surface area contributed by atoms with Gasteiger partial charge in [0.25, 0.3) is 0 Å². The molecular formula is C15H15FN2OS. The Morgan fingerprint density at radius 1 is 1.30 bits per heavy atom. The highest BCUT2D eigenvalue weighted by Gasteiger charge is 2.30. The van der Waals surface area contributed by atoms with E-state index in [1.54, 1.807) is 34.4 Å². The molecule has 1 N–H and O–H groups in total. The van der Waals surface area contributed by atoms with Crippen molar-refractivity contribution in [1.29, 1.82) is 0 Å². The Labute approximate surface area is 121 Å². The zero-order valence-electron chi connectivity index (χ0n) is 10.9. The minimum atomic E-state index is -0.410. The van der Waals surface area contributed by atoms with Gasteiger partial charge >= 0.3 is 6.03 Å². The number of nitrogens with zero attached hydrogens (tertiary/aromatic N) is 1. The topological polar surface area (TPSA) is 32.3 Å². The predicted octanol–water partition coefficient (Wildman–Crippen LogP) is 4.26. The van der Waals surface area contributed by atoms with Crippen LogP contribution in [-0.4, -0.2) is 17.5 Å². The summed E-state index contributed by atoms with van der Waals surface area (Å²) >= 11 is 1.66. The number of carbonyl (C=O) groups is 1. The molecule has 2 aromatic rings. The molecule has 1 aliphatic rings. The minimum absolute atomic E-state index is 0.113. The number of nitrogens with one attached hydrogen (secondary N) is 1. The molecule has 0 spiro atoms. The fourth-order valence-electron chi connectivity index (χ4n) is 2.54. The second-order valence-corrected chi connectivity index (χ2v) is 5.76. The van der Waals surface area contributed by atoms with E-state index in [9.17, 15) is 9.18 Å². The lowest BCUT2D eigenvalue weighted by Gasteiger charge is -2.24. The van der Waals surface area contributed by atoms with Crippen molar-refractivity contribution >= 4 is 23.1 Å². The number of carbonyl (C=O) groups excluding carboxylic acids is 1. The highest BCUT2D eigenvalue weighted by atomic mass is 32.1. The summed E-state index contributed by atoms with van der Waals surface area (Å²) in [5.41, 5.74) is 0.231. The van der Waals surface area contributed by atoms with Crippen LogP contribution in [0.15, 0.2) is 41.8 Å². The number of thiophene rings is 1. The normalized spacial score (nSPS) is 18.2. The largest absolute Gasteiger partial charge is 0.322 e. The Morgan fingerprint density at radius 3 is 2.90 bits per heavy atom. The van der Waals surface area contributed by atoms with E-state index in [2.05, 4.69) is 5.32 Å². The second kappa shape index (κ2) is 5.63. The Balaban J connectivity index is 1.75. The summed E-state index contributed by atoms with van der Waals surface area (Å²) in [6.45, 7) is 0.711. The SMILES string of the molecule is O=C(Nc1ccccc1F)N1CCCC1c1cccs1. The van der Waals surface area contributed by atoms with Gasteiger partial charge in [-0.1, -0.05) is 18.2 Å². The van der Waals surface area contributed by atoms with Crippen LogP contribution >= 0.6 is 11.3 Å². The van der Waals surface area contributed by atoms with Crippen LogP contribution in [0.25, 0.3) is 0 Å². The lowest BCUT2D eigenvalue weighted by Crippen LogP contribution is -2.34. The van der Waals surface area contributed by atoms with Crippen molar-refractivity contribution in [2.45, 2.75) is 18.9 Å². The zero-order valence-corrected chi connectivity index (χ0v) is 11.7. The van der Waals surface area contributed by atoms with Crippen molar-refractivity contribution in [3.63, 3.8) is 0 Å². The Hall–Kier alpha value is -1.88. The van der Waals surface area contributed by atoms with E-state index in [0.717, 1.165) is 12.8 Å². The molecule has 2 amide bonds. The van der Waals surface area contributed by atoms with Crippen molar-refractivity contribution in [3.8, 4) is 0 Å². The summed E-state index contributed by atoms with van der Waals surface area (Å²) in [6.07, 6.45) is 1.94. The lowest BCUT2D eigenvalue weighted by atomic mass is 10.2. The molecule has 1 aromatic carbocycles. The first-order valence-corrected chi connectivity index (χ1v) is 7.49. The van der Waals surface area contributed by atoms with Crippen LogP contribution in [0, 0.1) is 5.82 Å². The molecule has 0 bridgehead atoms. The maximum Gasteiger partial charge on any atom is 0.322 e. The van der Waals surface area contributed by atoms with Crippen LogP contribution in [0.4, 0.5) is 14.9 Å². The van der Waals surface area contributed by atoms with Gasteiger partial charge in [-0.2, -0.15) is 0 Å². The fraction of sp³-hybridized carbons (Fsp3) is 0.267. The maximum absolute atomic E-state index is 13.6.